The van der Waals surface area contributed by atoms with Crippen LogP contribution in [0.15, 0.2) is 0 Å². The second-order valence-electron chi connectivity index (χ2n) is 2.98. The molecule has 1 rings (SSSR count). The van der Waals surface area contributed by atoms with Crippen LogP contribution in [-0.2, 0) is 0 Å². The van der Waals surface area contributed by atoms with E-state index in [2.05, 4.69) is 44.9 Å². The van der Waals surface area contributed by atoms with E-state index in [1.54, 1.807) is 10.6 Å². The zero-order valence-electron chi connectivity index (χ0n) is 7.45. The summed E-state index contributed by atoms with van der Waals surface area (Å²) >= 11 is 2.35. The second-order valence-corrected chi connectivity index (χ2v) is 5.44. The van der Waals surface area contributed by atoms with Gasteiger partial charge >= 0.3 is 72.6 Å². The van der Waals surface area contributed by atoms with E-state index < -0.39 is 0 Å². The van der Waals surface area contributed by atoms with Crippen molar-refractivity contribution in [2.45, 2.75) is 27.7 Å². The molecule has 0 aromatic carbocycles. The Labute approximate surface area is 72.8 Å². The van der Waals surface area contributed by atoms with Gasteiger partial charge in [0.2, 0.25) is 0 Å². The topological polar surface area (TPSA) is 0 Å². The molecule has 0 bridgehead atoms. The van der Waals surface area contributed by atoms with E-state index in [0.717, 1.165) is 0 Å². The van der Waals surface area contributed by atoms with Crippen LogP contribution >= 0.6 is 5.96 Å². The maximum absolute atomic E-state index is 2.35. The van der Waals surface area contributed by atoms with E-state index in [0.29, 0.717) is 0 Å². The molecule has 0 saturated heterocycles. The van der Waals surface area contributed by atoms with Crippen LogP contribution in [0.3, 0.4) is 0 Å². The van der Waals surface area contributed by atoms with Crippen molar-refractivity contribution in [3.8, 4) is 0 Å². The fourth-order valence-corrected chi connectivity index (χ4v) is 3.14. The SMILES string of the molecule is [Li][p]1c(C)c(C)c(C)c1C. The molecular weight excluding hydrogens is 134 g/mol. The summed E-state index contributed by atoms with van der Waals surface area (Å²) in [5, 5.41) is 3.23. The minimum atomic E-state index is 0.0931. The Hall–Kier alpha value is 0.377. The molecule has 1 aromatic heterocycles. The summed E-state index contributed by atoms with van der Waals surface area (Å²) in [5.41, 5.74) is 3.07. The normalized spacial score (nSPS) is 10.6. The number of hydrogen-bond acceptors (Lipinski definition) is 0. The van der Waals surface area contributed by atoms with Crippen LogP contribution < -0.4 is 0 Å². The van der Waals surface area contributed by atoms with Crippen LogP contribution in [-0.4, -0.2) is 17.2 Å². The van der Waals surface area contributed by atoms with Gasteiger partial charge in [-0.2, -0.15) is 0 Å². The molecule has 0 aliphatic heterocycles. The average molecular weight is 146 g/mol. The molecule has 0 spiro atoms. The quantitative estimate of drug-likeness (QED) is 0.493. The van der Waals surface area contributed by atoms with Crippen LogP contribution in [0.5, 0.6) is 0 Å². The number of hydrogen-bond donors (Lipinski definition) is 0. The molecule has 0 radical (unpaired) electrons. The summed E-state index contributed by atoms with van der Waals surface area (Å²) in [6.45, 7) is 9.00. The van der Waals surface area contributed by atoms with Crippen LogP contribution in [0.2, 0.25) is 0 Å². The van der Waals surface area contributed by atoms with Crippen LogP contribution in [0.4, 0.5) is 0 Å². The van der Waals surface area contributed by atoms with Gasteiger partial charge in [-0.15, -0.1) is 0 Å². The molecule has 2 heteroatoms. The summed E-state index contributed by atoms with van der Waals surface area (Å²) in [7, 11) is 0. The Morgan fingerprint density at radius 2 is 1.20 bits per heavy atom. The molecule has 0 fully saturated rings. The molecule has 0 N–H and O–H groups in total. The van der Waals surface area contributed by atoms with Gasteiger partial charge in [0.1, 0.15) is 0 Å². The van der Waals surface area contributed by atoms with Crippen molar-refractivity contribution in [3.63, 3.8) is 0 Å². The first kappa shape index (κ1) is 8.47. The van der Waals surface area contributed by atoms with Gasteiger partial charge in [0.25, 0.3) is 0 Å². The molecule has 0 amide bonds. The average Bonchev–Trinajstić information content (AvgIpc) is 2.07. The van der Waals surface area contributed by atoms with E-state index in [9.17, 15) is 0 Å². The van der Waals surface area contributed by atoms with E-state index in [-0.39, 0.29) is 5.96 Å². The second kappa shape index (κ2) is 2.78. The molecule has 0 unspecified atom stereocenters. The molecular formula is C8H12LiP. The van der Waals surface area contributed by atoms with Gasteiger partial charge in [-0.1, -0.05) is 0 Å². The third-order valence-corrected chi connectivity index (χ3v) is 5.34. The van der Waals surface area contributed by atoms with Gasteiger partial charge in [-0.05, 0) is 0 Å². The Kier molecular flexibility index (Phi) is 2.36. The first-order valence-corrected chi connectivity index (χ1v) is 5.43. The standard InChI is InChI=1S/C8H12P.Li/c1-5-6(2)8(4)9-7(5)3;/h1-4H3;/q-1;+1. The van der Waals surface area contributed by atoms with Crippen LogP contribution in [0.25, 0.3) is 0 Å². The van der Waals surface area contributed by atoms with Crippen molar-refractivity contribution < 1.29 is 0 Å². The van der Waals surface area contributed by atoms with Crippen LogP contribution in [0.1, 0.15) is 21.7 Å². The van der Waals surface area contributed by atoms with Crippen molar-refractivity contribution in [3.05, 3.63) is 21.7 Å². The maximum atomic E-state index is 2.35. The van der Waals surface area contributed by atoms with Crippen molar-refractivity contribution in [1.29, 1.82) is 0 Å². The molecule has 0 nitrogen and oxygen atoms in total. The van der Waals surface area contributed by atoms with E-state index in [1.165, 1.54) is 11.1 Å². The molecule has 1 aromatic rings. The summed E-state index contributed by atoms with van der Waals surface area (Å²) in [6, 6.07) is 0. The Bertz CT molecular complexity index is 180. The molecule has 50 valence electrons. The van der Waals surface area contributed by atoms with E-state index in [1.807, 2.05) is 0 Å². The summed E-state index contributed by atoms with van der Waals surface area (Å²) < 4.78 is 0. The Morgan fingerprint density at radius 3 is 1.30 bits per heavy atom. The Balaban J connectivity index is 3.44. The zero-order chi connectivity index (χ0) is 7.89. The fraction of sp³-hybridized carbons (Fsp3) is 0.500. The van der Waals surface area contributed by atoms with E-state index in [4.69, 9.17) is 0 Å². The molecule has 10 heavy (non-hydrogen) atoms. The molecule has 0 aliphatic rings. The van der Waals surface area contributed by atoms with Gasteiger partial charge in [0, 0.05) is 0 Å². The van der Waals surface area contributed by atoms with Crippen molar-refractivity contribution in [1.82, 2.24) is 0 Å². The van der Waals surface area contributed by atoms with Gasteiger partial charge < -0.3 is 0 Å². The van der Waals surface area contributed by atoms with Crippen molar-refractivity contribution in [2.24, 2.45) is 0 Å². The monoisotopic (exact) mass is 146 g/mol. The van der Waals surface area contributed by atoms with Gasteiger partial charge in [-0.3, -0.25) is 0 Å². The van der Waals surface area contributed by atoms with Crippen molar-refractivity contribution in [2.75, 3.05) is 0 Å². The molecule has 1 heterocycles. The first-order valence-electron chi connectivity index (χ1n) is 3.64. The number of rotatable bonds is 0. The first-order chi connectivity index (χ1) is 4.55. The Morgan fingerprint density at radius 1 is 0.900 bits per heavy atom. The third kappa shape index (κ3) is 1.10. The predicted molar refractivity (Wildman–Crippen MR) is 49.3 cm³/mol. The van der Waals surface area contributed by atoms with Crippen molar-refractivity contribution >= 4 is 23.2 Å². The van der Waals surface area contributed by atoms with Gasteiger partial charge in [-0.25, -0.2) is 0 Å². The summed E-state index contributed by atoms with van der Waals surface area (Å²) in [6.07, 6.45) is 0. The minimum absolute atomic E-state index is 0.0931. The fourth-order valence-electron chi connectivity index (χ4n) is 1.30. The zero-order valence-corrected chi connectivity index (χ0v) is 8.34. The molecule has 0 saturated carbocycles. The summed E-state index contributed by atoms with van der Waals surface area (Å²) in [5.74, 6) is 0.0931. The van der Waals surface area contributed by atoms with E-state index >= 15 is 0 Å². The van der Waals surface area contributed by atoms with Gasteiger partial charge in [0.15, 0.2) is 0 Å². The van der Waals surface area contributed by atoms with Gasteiger partial charge in [0.05, 0.1) is 0 Å². The summed E-state index contributed by atoms with van der Waals surface area (Å²) in [4.78, 5) is 0. The molecule has 0 atom stereocenters. The molecule has 0 aliphatic carbocycles. The predicted octanol–water partition coefficient (Wildman–Crippen LogP) is 2.84. The third-order valence-electron chi connectivity index (χ3n) is 2.65. The van der Waals surface area contributed by atoms with Crippen LogP contribution in [0, 0.1) is 27.7 Å².